The van der Waals surface area contributed by atoms with Gasteiger partial charge in [-0.05, 0) is 25.0 Å². The summed E-state index contributed by atoms with van der Waals surface area (Å²) in [6.45, 7) is -3.30. The molecule has 23 heavy (non-hydrogen) atoms. The molecule has 1 aromatic rings. The number of halogens is 3. The molecule has 0 bridgehead atoms. The highest BCUT2D eigenvalue weighted by atomic mass is 19.3. The maximum absolute atomic E-state index is 13.7. The maximum Gasteiger partial charge on any atom is 0.387 e. The highest BCUT2D eigenvalue weighted by Gasteiger charge is 2.31. The number of urea groups is 1. The van der Waals surface area contributed by atoms with E-state index in [1.165, 1.54) is 12.1 Å². The number of rotatable bonds is 6. The van der Waals surface area contributed by atoms with E-state index >= 15 is 0 Å². The lowest BCUT2D eigenvalue weighted by Crippen LogP contribution is -2.44. The minimum Gasteiger partial charge on any atom is -0.434 e. The first-order valence-corrected chi connectivity index (χ1v) is 7.36. The molecule has 1 saturated carbocycles. The van der Waals surface area contributed by atoms with Crippen molar-refractivity contribution in [1.82, 2.24) is 10.6 Å². The lowest BCUT2D eigenvalue weighted by molar-refractivity contribution is -0.0506. The monoisotopic (exact) mass is 332 g/mol. The zero-order valence-corrected chi connectivity index (χ0v) is 12.4. The van der Waals surface area contributed by atoms with Crippen LogP contribution in [-0.4, -0.2) is 29.9 Å². The van der Waals surface area contributed by atoms with Crippen LogP contribution >= 0.6 is 0 Å². The third-order valence-electron chi connectivity index (χ3n) is 3.83. The van der Waals surface area contributed by atoms with E-state index in [1.807, 2.05) is 0 Å². The number of carbonyl (C=O) groups is 1. The molecule has 2 rings (SSSR count). The van der Waals surface area contributed by atoms with Gasteiger partial charge in [-0.15, -0.1) is 0 Å². The summed E-state index contributed by atoms with van der Waals surface area (Å²) >= 11 is 0. The molecule has 1 aliphatic rings. The Morgan fingerprint density at radius 3 is 2.65 bits per heavy atom. The molecule has 128 valence electrons. The third-order valence-corrected chi connectivity index (χ3v) is 3.83. The number of carbonyl (C=O) groups excluding carboxylic acids is 1. The second-order valence-electron chi connectivity index (χ2n) is 5.56. The molecule has 0 aliphatic heterocycles. The van der Waals surface area contributed by atoms with Gasteiger partial charge in [-0.25, -0.2) is 9.18 Å². The van der Waals surface area contributed by atoms with Crippen molar-refractivity contribution in [3.8, 4) is 5.75 Å². The topological polar surface area (TPSA) is 70.6 Å². The molecular formula is C15H19F3N2O3. The zero-order chi connectivity index (χ0) is 16.9. The van der Waals surface area contributed by atoms with E-state index in [2.05, 4.69) is 15.4 Å². The predicted molar refractivity (Wildman–Crippen MR) is 76.7 cm³/mol. The van der Waals surface area contributed by atoms with Crippen molar-refractivity contribution in [1.29, 1.82) is 0 Å². The van der Waals surface area contributed by atoms with Gasteiger partial charge in [-0.2, -0.15) is 8.78 Å². The summed E-state index contributed by atoms with van der Waals surface area (Å²) in [4.78, 5) is 11.7. The van der Waals surface area contributed by atoms with E-state index < -0.39 is 24.1 Å². The Hall–Kier alpha value is -1.96. The van der Waals surface area contributed by atoms with Crippen LogP contribution in [0.1, 0.15) is 31.2 Å². The van der Waals surface area contributed by atoms with Crippen LogP contribution in [0, 0.1) is 5.82 Å². The quantitative estimate of drug-likeness (QED) is 0.750. The van der Waals surface area contributed by atoms with Gasteiger partial charge in [0.1, 0.15) is 11.6 Å². The molecule has 1 fully saturated rings. The smallest absolute Gasteiger partial charge is 0.387 e. The van der Waals surface area contributed by atoms with Gasteiger partial charge in [-0.1, -0.05) is 18.9 Å². The average molecular weight is 332 g/mol. The number of amides is 2. The van der Waals surface area contributed by atoms with Gasteiger partial charge >= 0.3 is 12.6 Å². The van der Waals surface area contributed by atoms with Gasteiger partial charge in [0, 0.05) is 12.1 Å². The standard InChI is InChI=1S/C15H19F3N2O3/c16-11-4-3-5-12(23-13(17)18)10(11)8-19-14(21)20-9-15(22)6-1-2-7-15/h3-5,13,22H,1-2,6-9H2,(H2,19,20,21). The number of alkyl halides is 2. The fourth-order valence-electron chi connectivity index (χ4n) is 2.60. The van der Waals surface area contributed by atoms with Crippen LogP contribution in [0.15, 0.2) is 18.2 Å². The molecule has 1 aromatic carbocycles. The van der Waals surface area contributed by atoms with Crippen molar-refractivity contribution in [3.05, 3.63) is 29.6 Å². The Morgan fingerprint density at radius 1 is 1.30 bits per heavy atom. The van der Waals surface area contributed by atoms with E-state index in [1.54, 1.807) is 0 Å². The minimum absolute atomic E-state index is 0.0937. The normalized spacial score (nSPS) is 16.4. The minimum atomic E-state index is -3.08. The van der Waals surface area contributed by atoms with Crippen molar-refractivity contribution in [2.45, 2.75) is 44.4 Å². The second kappa shape index (κ2) is 7.54. The van der Waals surface area contributed by atoms with Crippen LogP contribution < -0.4 is 15.4 Å². The first-order chi connectivity index (χ1) is 10.9. The van der Waals surface area contributed by atoms with Gasteiger partial charge in [0.25, 0.3) is 0 Å². The van der Waals surface area contributed by atoms with E-state index in [0.29, 0.717) is 12.8 Å². The predicted octanol–water partition coefficient (Wildman–Crippen LogP) is 2.53. The van der Waals surface area contributed by atoms with Gasteiger partial charge in [0.05, 0.1) is 12.1 Å². The first kappa shape index (κ1) is 17.4. The Kier molecular flexibility index (Phi) is 5.70. The molecule has 1 aliphatic carbocycles. The second-order valence-corrected chi connectivity index (χ2v) is 5.56. The average Bonchev–Trinajstić information content (AvgIpc) is 2.91. The number of ether oxygens (including phenoxy) is 1. The lowest BCUT2D eigenvalue weighted by Gasteiger charge is -2.22. The largest absolute Gasteiger partial charge is 0.434 e. The van der Waals surface area contributed by atoms with Gasteiger partial charge < -0.3 is 20.5 Å². The van der Waals surface area contributed by atoms with E-state index in [4.69, 9.17) is 0 Å². The highest BCUT2D eigenvalue weighted by Crippen LogP contribution is 2.28. The molecule has 0 unspecified atom stereocenters. The van der Waals surface area contributed by atoms with Crippen LogP contribution in [0.25, 0.3) is 0 Å². The van der Waals surface area contributed by atoms with E-state index in [0.717, 1.165) is 18.9 Å². The van der Waals surface area contributed by atoms with Crippen LogP contribution in [0.3, 0.4) is 0 Å². The van der Waals surface area contributed by atoms with Crippen molar-refractivity contribution < 1.29 is 27.8 Å². The third kappa shape index (κ3) is 5.02. The van der Waals surface area contributed by atoms with Crippen LogP contribution in [-0.2, 0) is 6.54 Å². The molecule has 5 nitrogen and oxygen atoms in total. The SMILES string of the molecule is O=C(NCc1c(F)cccc1OC(F)F)NCC1(O)CCCC1. The number of hydrogen-bond acceptors (Lipinski definition) is 3. The van der Waals surface area contributed by atoms with Crippen molar-refractivity contribution >= 4 is 6.03 Å². The summed E-state index contributed by atoms with van der Waals surface area (Å²) in [6, 6.07) is 2.92. The summed E-state index contributed by atoms with van der Waals surface area (Å²) in [5, 5.41) is 15.0. The van der Waals surface area contributed by atoms with Crippen molar-refractivity contribution in [3.63, 3.8) is 0 Å². The number of hydrogen-bond donors (Lipinski definition) is 3. The molecule has 0 atom stereocenters. The Bertz CT molecular complexity index is 549. The molecule has 3 N–H and O–H groups in total. The number of benzene rings is 1. The van der Waals surface area contributed by atoms with Crippen LogP contribution in [0.5, 0.6) is 5.75 Å². The van der Waals surface area contributed by atoms with E-state index in [-0.39, 0.29) is 24.4 Å². The Labute approximate surface area is 131 Å². The summed E-state index contributed by atoms with van der Waals surface area (Å²) in [6.07, 6.45) is 3.05. The Morgan fingerprint density at radius 2 is 2.00 bits per heavy atom. The molecular weight excluding hydrogens is 313 g/mol. The highest BCUT2D eigenvalue weighted by molar-refractivity contribution is 5.74. The fraction of sp³-hybridized carbons (Fsp3) is 0.533. The molecule has 0 saturated heterocycles. The number of aliphatic hydroxyl groups is 1. The molecule has 0 aromatic heterocycles. The summed E-state index contributed by atoms with van der Waals surface area (Å²) < 4.78 is 42.5. The lowest BCUT2D eigenvalue weighted by atomic mass is 10.0. The van der Waals surface area contributed by atoms with E-state index in [9.17, 15) is 23.1 Å². The van der Waals surface area contributed by atoms with Crippen LogP contribution in [0.2, 0.25) is 0 Å². The molecule has 8 heteroatoms. The van der Waals surface area contributed by atoms with Crippen LogP contribution in [0.4, 0.5) is 18.0 Å². The first-order valence-electron chi connectivity index (χ1n) is 7.36. The van der Waals surface area contributed by atoms with Crippen molar-refractivity contribution in [2.75, 3.05) is 6.54 Å². The molecule has 0 heterocycles. The maximum atomic E-state index is 13.7. The van der Waals surface area contributed by atoms with Gasteiger partial charge in [0.15, 0.2) is 0 Å². The van der Waals surface area contributed by atoms with Crippen molar-refractivity contribution in [2.24, 2.45) is 0 Å². The molecule has 2 amide bonds. The van der Waals surface area contributed by atoms with Gasteiger partial charge in [-0.3, -0.25) is 0 Å². The molecule has 0 radical (unpaired) electrons. The summed E-state index contributed by atoms with van der Waals surface area (Å²) in [7, 11) is 0. The molecule has 0 spiro atoms. The summed E-state index contributed by atoms with van der Waals surface area (Å²) in [5.41, 5.74) is -1.07. The van der Waals surface area contributed by atoms with Gasteiger partial charge in [0.2, 0.25) is 0 Å². The zero-order valence-electron chi connectivity index (χ0n) is 12.4. The summed E-state index contributed by atoms with van der Waals surface area (Å²) in [5.74, 6) is -1.08. The Balaban J connectivity index is 1.88. The fourth-order valence-corrected chi connectivity index (χ4v) is 2.60. The number of nitrogens with one attached hydrogen (secondary N) is 2.